The first-order valence-electron chi connectivity index (χ1n) is 8.55. The van der Waals surface area contributed by atoms with Gasteiger partial charge in [-0.1, -0.05) is 11.6 Å². The number of carbonyl (C=O) groups excluding carboxylic acids is 2. The normalized spacial score (nSPS) is 28.5. The van der Waals surface area contributed by atoms with Crippen molar-refractivity contribution in [2.45, 2.75) is 17.3 Å². The summed E-state index contributed by atoms with van der Waals surface area (Å²) in [5.74, 6) is 0.333. The summed E-state index contributed by atoms with van der Waals surface area (Å²) < 4.78 is 0. The number of ketones is 1. The van der Waals surface area contributed by atoms with E-state index in [0.717, 1.165) is 19.5 Å². The molecule has 3 aliphatic heterocycles. The summed E-state index contributed by atoms with van der Waals surface area (Å²) in [7, 11) is 2.11. The number of hydrogen-bond acceptors (Lipinski definition) is 6. The molecule has 1 aromatic rings. The molecule has 1 fully saturated rings. The number of carbonyl (C=O) groups is 2. The van der Waals surface area contributed by atoms with E-state index in [4.69, 9.17) is 11.6 Å². The first kappa shape index (κ1) is 18.4. The number of rotatable bonds is 4. The molecule has 1 aromatic carbocycles. The molecule has 3 unspecified atom stereocenters. The Morgan fingerprint density at radius 2 is 2.15 bits per heavy atom. The maximum absolute atomic E-state index is 12.6. The van der Waals surface area contributed by atoms with E-state index >= 15 is 0 Å². The van der Waals surface area contributed by atoms with Gasteiger partial charge in [0, 0.05) is 28.6 Å². The highest BCUT2D eigenvalue weighted by molar-refractivity contribution is 8.04. The SMILES string of the molecule is CN1CCC2=C(C1)SC1NC(SCC(=O)c3ccc(Cl)cc3)NC(=O)C21. The zero-order valence-corrected chi connectivity index (χ0v) is 16.7. The molecule has 3 heterocycles. The van der Waals surface area contributed by atoms with Gasteiger partial charge in [-0.3, -0.25) is 14.9 Å². The lowest BCUT2D eigenvalue weighted by Gasteiger charge is -2.34. The van der Waals surface area contributed by atoms with Crippen molar-refractivity contribution in [1.29, 1.82) is 0 Å². The van der Waals surface area contributed by atoms with E-state index in [9.17, 15) is 9.59 Å². The Labute approximate surface area is 166 Å². The molecule has 3 aliphatic rings. The second-order valence-corrected chi connectivity index (χ2v) is 9.51. The molecule has 1 saturated heterocycles. The summed E-state index contributed by atoms with van der Waals surface area (Å²) >= 11 is 9.06. The van der Waals surface area contributed by atoms with E-state index in [1.807, 2.05) is 0 Å². The van der Waals surface area contributed by atoms with Crippen LogP contribution in [-0.4, -0.2) is 53.4 Å². The molecule has 138 valence electrons. The third-order valence-corrected chi connectivity index (χ3v) is 7.51. The third-order valence-electron chi connectivity index (χ3n) is 4.90. The zero-order valence-electron chi connectivity index (χ0n) is 14.3. The van der Waals surface area contributed by atoms with Crippen molar-refractivity contribution in [3.05, 3.63) is 45.3 Å². The highest BCUT2D eigenvalue weighted by Crippen LogP contribution is 2.46. The standard InChI is InChI=1S/C18H20ClN3O2S2/c1-22-7-6-12-14(8-22)26-17-15(12)16(24)20-18(21-17)25-9-13(23)10-2-4-11(19)5-3-10/h2-5,15,17-18,21H,6-9H2,1H3,(H,20,24). The maximum atomic E-state index is 12.6. The number of halogens is 1. The Morgan fingerprint density at radius 1 is 1.38 bits per heavy atom. The zero-order chi connectivity index (χ0) is 18.3. The molecular formula is C18H20ClN3O2S2. The van der Waals surface area contributed by atoms with Gasteiger partial charge in [0.15, 0.2) is 5.78 Å². The van der Waals surface area contributed by atoms with Crippen LogP contribution in [0.2, 0.25) is 5.02 Å². The lowest BCUT2D eigenvalue weighted by Crippen LogP contribution is -2.58. The fraction of sp³-hybridized carbons (Fsp3) is 0.444. The molecule has 8 heteroatoms. The lowest BCUT2D eigenvalue weighted by atomic mass is 9.92. The smallest absolute Gasteiger partial charge is 0.231 e. The second kappa shape index (κ2) is 7.56. The first-order chi connectivity index (χ1) is 12.5. The van der Waals surface area contributed by atoms with Gasteiger partial charge in [-0.05, 0) is 43.3 Å². The monoisotopic (exact) mass is 409 g/mol. The number of nitrogens with zero attached hydrogens (tertiary/aromatic N) is 1. The molecule has 5 nitrogen and oxygen atoms in total. The summed E-state index contributed by atoms with van der Waals surface area (Å²) in [4.78, 5) is 28.6. The van der Waals surface area contributed by atoms with E-state index in [0.29, 0.717) is 16.3 Å². The van der Waals surface area contributed by atoms with Crippen LogP contribution in [0.1, 0.15) is 16.8 Å². The van der Waals surface area contributed by atoms with E-state index < -0.39 is 0 Å². The molecule has 0 bridgehead atoms. The fourth-order valence-electron chi connectivity index (χ4n) is 3.53. The Morgan fingerprint density at radius 3 is 2.92 bits per heavy atom. The van der Waals surface area contributed by atoms with Crippen LogP contribution in [0.15, 0.2) is 34.7 Å². The van der Waals surface area contributed by atoms with E-state index in [1.54, 1.807) is 36.0 Å². The van der Waals surface area contributed by atoms with Crippen molar-refractivity contribution in [2.24, 2.45) is 5.92 Å². The van der Waals surface area contributed by atoms with Crippen LogP contribution in [0.4, 0.5) is 0 Å². The lowest BCUT2D eigenvalue weighted by molar-refractivity contribution is -0.126. The minimum atomic E-state index is -0.244. The quantitative estimate of drug-likeness (QED) is 0.745. The van der Waals surface area contributed by atoms with Crippen LogP contribution in [0.3, 0.4) is 0 Å². The van der Waals surface area contributed by atoms with E-state index in [-0.39, 0.29) is 28.5 Å². The molecule has 0 saturated carbocycles. The molecule has 0 aromatic heterocycles. The van der Waals surface area contributed by atoms with Crippen LogP contribution in [-0.2, 0) is 4.79 Å². The molecule has 4 rings (SSSR count). The molecule has 0 radical (unpaired) electrons. The summed E-state index contributed by atoms with van der Waals surface area (Å²) in [5.41, 5.74) is 1.69. The van der Waals surface area contributed by atoms with Crippen LogP contribution in [0.25, 0.3) is 0 Å². The van der Waals surface area contributed by atoms with Crippen molar-refractivity contribution in [2.75, 3.05) is 25.9 Å². The Balaban J connectivity index is 1.36. The van der Waals surface area contributed by atoms with Gasteiger partial charge in [-0.25, -0.2) is 0 Å². The fourth-order valence-corrected chi connectivity index (χ4v) is 6.28. The minimum Gasteiger partial charge on any atom is -0.331 e. The number of benzene rings is 1. The van der Waals surface area contributed by atoms with Crippen molar-refractivity contribution < 1.29 is 9.59 Å². The topological polar surface area (TPSA) is 61.4 Å². The number of hydrogen-bond donors (Lipinski definition) is 2. The Bertz CT molecular complexity index is 768. The van der Waals surface area contributed by atoms with Gasteiger partial charge in [0.25, 0.3) is 0 Å². The number of thioether (sulfide) groups is 2. The van der Waals surface area contributed by atoms with Crippen LogP contribution >= 0.6 is 35.1 Å². The first-order valence-corrected chi connectivity index (χ1v) is 10.9. The van der Waals surface area contributed by atoms with Crippen LogP contribution in [0, 0.1) is 5.92 Å². The van der Waals surface area contributed by atoms with Gasteiger partial charge in [-0.15, -0.1) is 23.5 Å². The van der Waals surface area contributed by atoms with Crippen LogP contribution < -0.4 is 10.6 Å². The Kier molecular flexibility index (Phi) is 5.34. The average molecular weight is 410 g/mol. The summed E-state index contributed by atoms with van der Waals surface area (Å²) in [6.07, 6.45) is 0.960. The highest BCUT2D eigenvalue weighted by Gasteiger charge is 2.45. The average Bonchev–Trinajstić information content (AvgIpc) is 2.98. The number of fused-ring (bicyclic) bond motifs is 2. The third kappa shape index (κ3) is 3.68. The van der Waals surface area contributed by atoms with E-state index in [2.05, 4.69) is 22.6 Å². The predicted molar refractivity (Wildman–Crippen MR) is 107 cm³/mol. The molecule has 3 atom stereocenters. The highest BCUT2D eigenvalue weighted by atomic mass is 35.5. The largest absolute Gasteiger partial charge is 0.331 e. The van der Waals surface area contributed by atoms with Gasteiger partial charge >= 0.3 is 0 Å². The maximum Gasteiger partial charge on any atom is 0.231 e. The minimum absolute atomic E-state index is 0.0305. The molecule has 0 spiro atoms. The van der Waals surface area contributed by atoms with Crippen molar-refractivity contribution in [1.82, 2.24) is 15.5 Å². The summed E-state index contributed by atoms with van der Waals surface area (Å²) in [6.45, 7) is 1.93. The van der Waals surface area contributed by atoms with Crippen LogP contribution in [0.5, 0.6) is 0 Å². The van der Waals surface area contributed by atoms with Gasteiger partial charge in [0.1, 0.15) is 5.50 Å². The van der Waals surface area contributed by atoms with Crippen molar-refractivity contribution in [3.63, 3.8) is 0 Å². The van der Waals surface area contributed by atoms with Gasteiger partial charge in [0.2, 0.25) is 5.91 Å². The molecular weight excluding hydrogens is 390 g/mol. The summed E-state index contributed by atoms with van der Waals surface area (Å²) in [6, 6.07) is 6.89. The second-order valence-electron chi connectivity index (χ2n) is 6.75. The predicted octanol–water partition coefficient (Wildman–Crippen LogP) is 2.54. The van der Waals surface area contributed by atoms with Gasteiger partial charge in [0.05, 0.1) is 17.0 Å². The van der Waals surface area contributed by atoms with Crippen molar-refractivity contribution in [3.8, 4) is 0 Å². The Hall–Kier alpha value is -0.990. The van der Waals surface area contributed by atoms with Gasteiger partial charge in [-0.2, -0.15) is 0 Å². The number of amides is 1. The number of Topliss-reactive ketones (excluding diaryl/α,β-unsaturated/α-hetero) is 1. The van der Waals surface area contributed by atoms with E-state index in [1.165, 1.54) is 22.2 Å². The summed E-state index contributed by atoms with van der Waals surface area (Å²) in [5, 5.41) is 7.21. The molecule has 0 aliphatic carbocycles. The molecule has 26 heavy (non-hydrogen) atoms. The number of nitrogens with one attached hydrogen (secondary N) is 2. The molecule has 1 amide bonds. The van der Waals surface area contributed by atoms with Gasteiger partial charge < -0.3 is 10.2 Å². The van der Waals surface area contributed by atoms with Crippen molar-refractivity contribution >= 4 is 46.8 Å². The molecule has 2 N–H and O–H groups in total. The number of likely N-dealkylation sites (N-methyl/N-ethyl adjacent to an activating group) is 1.